The van der Waals surface area contributed by atoms with Crippen molar-refractivity contribution in [1.29, 1.82) is 0 Å². The molecule has 0 amide bonds. The minimum atomic E-state index is -4.02. The van der Waals surface area contributed by atoms with Gasteiger partial charge in [-0.25, -0.2) is 0 Å². The highest BCUT2D eigenvalue weighted by molar-refractivity contribution is 5.31. The van der Waals surface area contributed by atoms with Crippen LogP contribution in [0.5, 0.6) is 0 Å². The van der Waals surface area contributed by atoms with Crippen molar-refractivity contribution in [2.45, 2.75) is 64.7 Å². The predicted molar refractivity (Wildman–Crippen MR) is 79.3 cm³/mol. The number of hydrogen-bond donors (Lipinski definition) is 1. The SMILES string of the molecule is Cc1ccc(C(C)NC2CCC(C(F)(F)F)CC2)cc1C. The molecule has 0 radical (unpaired) electrons. The van der Waals surface area contributed by atoms with E-state index in [9.17, 15) is 13.2 Å². The normalized spacial score (nSPS) is 24.9. The van der Waals surface area contributed by atoms with E-state index in [2.05, 4.69) is 44.3 Å². The van der Waals surface area contributed by atoms with Gasteiger partial charge < -0.3 is 5.32 Å². The summed E-state index contributed by atoms with van der Waals surface area (Å²) >= 11 is 0. The number of alkyl halides is 3. The van der Waals surface area contributed by atoms with Gasteiger partial charge in [-0.1, -0.05) is 18.2 Å². The molecule has 0 spiro atoms. The summed E-state index contributed by atoms with van der Waals surface area (Å²) in [6.45, 7) is 6.25. The van der Waals surface area contributed by atoms with Crippen molar-refractivity contribution >= 4 is 0 Å². The number of benzene rings is 1. The molecule has 0 heterocycles. The highest BCUT2D eigenvalue weighted by atomic mass is 19.4. The van der Waals surface area contributed by atoms with Gasteiger partial charge in [0.1, 0.15) is 0 Å². The molecule has 4 heteroatoms. The smallest absolute Gasteiger partial charge is 0.307 e. The molecule has 0 aromatic heterocycles. The van der Waals surface area contributed by atoms with Crippen LogP contribution in [0.15, 0.2) is 18.2 Å². The average Bonchev–Trinajstić information content (AvgIpc) is 2.41. The summed E-state index contributed by atoms with van der Waals surface area (Å²) in [6.07, 6.45) is -2.30. The molecule has 2 rings (SSSR count). The van der Waals surface area contributed by atoms with Gasteiger partial charge in [0.15, 0.2) is 0 Å². The van der Waals surface area contributed by atoms with Crippen LogP contribution in [0.4, 0.5) is 13.2 Å². The summed E-state index contributed by atoms with van der Waals surface area (Å²) in [5.41, 5.74) is 3.72. The van der Waals surface area contributed by atoms with Gasteiger partial charge in [-0.2, -0.15) is 13.2 Å². The third-order valence-electron chi connectivity index (χ3n) is 4.71. The fourth-order valence-electron chi connectivity index (χ4n) is 3.07. The lowest BCUT2D eigenvalue weighted by molar-refractivity contribution is -0.182. The second kappa shape index (κ2) is 6.39. The third kappa shape index (κ3) is 4.22. The van der Waals surface area contributed by atoms with Gasteiger partial charge in [0.2, 0.25) is 0 Å². The van der Waals surface area contributed by atoms with Crippen molar-refractivity contribution in [2.75, 3.05) is 0 Å². The molecule has 1 aromatic rings. The van der Waals surface area contributed by atoms with Crippen LogP contribution >= 0.6 is 0 Å². The molecule has 1 aromatic carbocycles. The number of nitrogens with one attached hydrogen (secondary N) is 1. The highest BCUT2D eigenvalue weighted by Gasteiger charge is 2.41. The maximum Gasteiger partial charge on any atom is 0.391 e. The van der Waals surface area contributed by atoms with Crippen molar-refractivity contribution in [3.8, 4) is 0 Å². The number of halogens is 3. The van der Waals surface area contributed by atoms with Crippen LogP contribution in [0.3, 0.4) is 0 Å². The summed E-state index contributed by atoms with van der Waals surface area (Å²) in [7, 11) is 0. The lowest BCUT2D eigenvalue weighted by Gasteiger charge is -2.32. The van der Waals surface area contributed by atoms with Crippen LogP contribution in [0, 0.1) is 19.8 Å². The predicted octanol–water partition coefficient (Wildman–Crippen LogP) is 5.08. The van der Waals surface area contributed by atoms with Crippen LogP contribution in [0.25, 0.3) is 0 Å². The van der Waals surface area contributed by atoms with Crippen molar-refractivity contribution < 1.29 is 13.2 Å². The summed E-state index contributed by atoms with van der Waals surface area (Å²) in [6, 6.07) is 6.73. The van der Waals surface area contributed by atoms with E-state index < -0.39 is 12.1 Å². The summed E-state index contributed by atoms with van der Waals surface area (Å²) < 4.78 is 38.0. The largest absolute Gasteiger partial charge is 0.391 e. The quantitative estimate of drug-likeness (QED) is 0.821. The van der Waals surface area contributed by atoms with Crippen molar-refractivity contribution in [1.82, 2.24) is 5.32 Å². The van der Waals surface area contributed by atoms with Crippen LogP contribution in [0.2, 0.25) is 0 Å². The molecule has 1 saturated carbocycles. The zero-order valence-corrected chi connectivity index (χ0v) is 12.9. The van der Waals surface area contributed by atoms with Crippen molar-refractivity contribution in [2.24, 2.45) is 5.92 Å². The van der Waals surface area contributed by atoms with E-state index in [1.54, 1.807) is 0 Å². The Morgan fingerprint density at radius 2 is 1.67 bits per heavy atom. The van der Waals surface area contributed by atoms with E-state index in [4.69, 9.17) is 0 Å². The van der Waals surface area contributed by atoms with E-state index in [0.29, 0.717) is 12.8 Å². The van der Waals surface area contributed by atoms with Gasteiger partial charge in [0.25, 0.3) is 0 Å². The minimum Gasteiger partial charge on any atom is -0.307 e. The van der Waals surface area contributed by atoms with Gasteiger partial charge in [-0.15, -0.1) is 0 Å². The summed E-state index contributed by atoms with van der Waals surface area (Å²) in [5, 5.41) is 3.49. The first kappa shape index (κ1) is 16.3. The molecule has 21 heavy (non-hydrogen) atoms. The second-order valence-corrected chi connectivity index (χ2v) is 6.32. The minimum absolute atomic E-state index is 0.178. The van der Waals surface area contributed by atoms with E-state index in [1.807, 2.05) is 0 Å². The Hall–Kier alpha value is -1.03. The van der Waals surface area contributed by atoms with E-state index >= 15 is 0 Å². The van der Waals surface area contributed by atoms with Crippen LogP contribution < -0.4 is 5.32 Å². The van der Waals surface area contributed by atoms with E-state index in [0.717, 1.165) is 0 Å². The third-order valence-corrected chi connectivity index (χ3v) is 4.71. The zero-order chi connectivity index (χ0) is 15.6. The summed E-state index contributed by atoms with van der Waals surface area (Å²) in [4.78, 5) is 0. The van der Waals surface area contributed by atoms with E-state index in [1.165, 1.54) is 16.7 Å². The molecule has 1 unspecified atom stereocenters. The molecule has 1 aliphatic carbocycles. The molecule has 1 fully saturated rings. The lowest BCUT2D eigenvalue weighted by Crippen LogP contribution is -2.38. The molecule has 1 nitrogen and oxygen atoms in total. The van der Waals surface area contributed by atoms with Crippen LogP contribution in [-0.4, -0.2) is 12.2 Å². The molecule has 0 aliphatic heterocycles. The number of aryl methyl sites for hydroxylation is 2. The molecular formula is C17H24F3N. The van der Waals surface area contributed by atoms with Crippen molar-refractivity contribution in [3.05, 3.63) is 34.9 Å². The number of hydrogen-bond acceptors (Lipinski definition) is 1. The molecule has 0 bridgehead atoms. The van der Waals surface area contributed by atoms with Gasteiger partial charge in [0, 0.05) is 12.1 Å². The van der Waals surface area contributed by atoms with Gasteiger partial charge in [0.05, 0.1) is 5.92 Å². The van der Waals surface area contributed by atoms with Gasteiger partial charge >= 0.3 is 6.18 Å². The maximum absolute atomic E-state index is 12.7. The topological polar surface area (TPSA) is 12.0 Å². The highest BCUT2D eigenvalue weighted by Crippen LogP contribution is 2.37. The molecule has 1 atom stereocenters. The first-order valence-electron chi connectivity index (χ1n) is 7.67. The Labute approximate surface area is 124 Å². The molecule has 1 aliphatic rings. The Morgan fingerprint density at radius 1 is 1.05 bits per heavy atom. The summed E-state index contributed by atoms with van der Waals surface area (Å²) in [5.74, 6) is -1.10. The monoisotopic (exact) mass is 299 g/mol. The molecule has 0 saturated heterocycles. The molecular weight excluding hydrogens is 275 g/mol. The Balaban J connectivity index is 1.89. The average molecular weight is 299 g/mol. The second-order valence-electron chi connectivity index (χ2n) is 6.32. The Morgan fingerprint density at radius 3 is 2.19 bits per heavy atom. The standard InChI is InChI=1S/C17H24F3N/c1-11-4-5-14(10-12(11)2)13(3)21-16-8-6-15(7-9-16)17(18,19)20/h4-5,10,13,15-16,21H,6-9H2,1-3H3. The maximum atomic E-state index is 12.7. The number of rotatable bonds is 3. The first-order valence-corrected chi connectivity index (χ1v) is 7.67. The van der Waals surface area contributed by atoms with Crippen LogP contribution in [-0.2, 0) is 0 Å². The fraction of sp³-hybridized carbons (Fsp3) is 0.647. The first-order chi connectivity index (χ1) is 9.77. The Bertz CT molecular complexity index is 473. The zero-order valence-electron chi connectivity index (χ0n) is 12.9. The lowest BCUT2D eigenvalue weighted by atomic mass is 9.85. The van der Waals surface area contributed by atoms with Crippen LogP contribution in [0.1, 0.15) is 55.3 Å². The van der Waals surface area contributed by atoms with E-state index in [-0.39, 0.29) is 24.9 Å². The fourth-order valence-corrected chi connectivity index (χ4v) is 3.07. The van der Waals surface area contributed by atoms with Gasteiger partial charge in [-0.3, -0.25) is 0 Å². The van der Waals surface area contributed by atoms with Crippen molar-refractivity contribution in [3.63, 3.8) is 0 Å². The molecule has 1 N–H and O–H groups in total. The Kier molecular flexibility index (Phi) is 4.97. The van der Waals surface area contributed by atoms with Gasteiger partial charge in [-0.05, 0) is 63.1 Å². The molecule has 118 valence electrons.